The number of likely N-dealkylation sites (N-methyl/N-ethyl adjacent to an activating group) is 1. The van der Waals surface area contributed by atoms with E-state index in [1.165, 1.54) is 128 Å². The Morgan fingerprint density at radius 1 is 0.463 bits per heavy atom. The van der Waals surface area contributed by atoms with Gasteiger partial charge in [0.1, 0.15) is 0 Å². The number of aliphatic hydroxyl groups is 2. The molecule has 248 valence electrons. The normalized spacial score (nSPS) is 13.3. The van der Waals surface area contributed by atoms with E-state index >= 15 is 0 Å². The standard InChI is InChI=1S/C36H77N3O2/c1-4-6-8-10-12-14-16-18-20-23-27-35(40)33-39(32-26-22-25-29-38-31-30-37-3)34-36(41)28-24-21-19-17-15-13-11-9-7-5-2/h35-38,40-41H,4-34H2,1-3H3. The largest absolute Gasteiger partial charge is 0.392 e. The summed E-state index contributed by atoms with van der Waals surface area (Å²) in [4.78, 5) is 2.36. The third kappa shape index (κ3) is 32.5. The Balaban J connectivity index is 4.15. The fraction of sp³-hybridized carbons (Fsp3) is 1.00. The third-order valence-corrected chi connectivity index (χ3v) is 8.60. The third-order valence-electron chi connectivity index (χ3n) is 8.60. The number of hydrogen-bond acceptors (Lipinski definition) is 5. The number of nitrogens with zero attached hydrogens (tertiary/aromatic N) is 1. The fourth-order valence-electron chi connectivity index (χ4n) is 5.87. The molecule has 2 unspecified atom stereocenters. The van der Waals surface area contributed by atoms with Gasteiger partial charge in [-0.05, 0) is 45.8 Å². The summed E-state index contributed by atoms with van der Waals surface area (Å²) in [6, 6.07) is 0. The van der Waals surface area contributed by atoms with Crippen molar-refractivity contribution in [3.63, 3.8) is 0 Å². The van der Waals surface area contributed by atoms with E-state index < -0.39 is 0 Å². The maximum absolute atomic E-state index is 10.8. The van der Waals surface area contributed by atoms with Crippen LogP contribution in [0, 0.1) is 0 Å². The van der Waals surface area contributed by atoms with Crippen molar-refractivity contribution in [1.82, 2.24) is 15.5 Å². The molecule has 41 heavy (non-hydrogen) atoms. The maximum atomic E-state index is 10.8. The highest BCUT2D eigenvalue weighted by Crippen LogP contribution is 2.15. The Morgan fingerprint density at radius 2 is 0.854 bits per heavy atom. The van der Waals surface area contributed by atoms with Gasteiger partial charge in [-0.15, -0.1) is 0 Å². The lowest BCUT2D eigenvalue weighted by Crippen LogP contribution is -2.38. The number of hydrogen-bond donors (Lipinski definition) is 4. The minimum Gasteiger partial charge on any atom is -0.392 e. The summed E-state index contributed by atoms with van der Waals surface area (Å²) < 4.78 is 0. The summed E-state index contributed by atoms with van der Waals surface area (Å²) in [7, 11) is 1.99. The molecule has 0 fully saturated rings. The van der Waals surface area contributed by atoms with Crippen LogP contribution in [0.1, 0.15) is 174 Å². The monoisotopic (exact) mass is 584 g/mol. The van der Waals surface area contributed by atoms with Crippen molar-refractivity contribution in [1.29, 1.82) is 0 Å². The van der Waals surface area contributed by atoms with Crippen LogP contribution in [0.3, 0.4) is 0 Å². The molecule has 0 aromatic heterocycles. The lowest BCUT2D eigenvalue weighted by Gasteiger charge is -2.27. The number of aliphatic hydroxyl groups excluding tert-OH is 2. The van der Waals surface area contributed by atoms with Crippen LogP contribution in [-0.4, -0.2) is 73.6 Å². The van der Waals surface area contributed by atoms with Crippen molar-refractivity contribution in [2.24, 2.45) is 0 Å². The predicted molar refractivity (Wildman–Crippen MR) is 182 cm³/mol. The van der Waals surface area contributed by atoms with Crippen LogP contribution < -0.4 is 10.6 Å². The van der Waals surface area contributed by atoms with Crippen molar-refractivity contribution in [3.05, 3.63) is 0 Å². The average Bonchev–Trinajstić information content (AvgIpc) is 2.96. The molecule has 0 spiro atoms. The van der Waals surface area contributed by atoms with Gasteiger partial charge in [-0.25, -0.2) is 0 Å². The van der Waals surface area contributed by atoms with Gasteiger partial charge in [0, 0.05) is 26.2 Å². The summed E-state index contributed by atoms with van der Waals surface area (Å²) in [6.45, 7) is 10.1. The van der Waals surface area contributed by atoms with E-state index in [1.807, 2.05) is 7.05 Å². The molecule has 0 saturated carbocycles. The number of unbranched alkanes of at least 4 members (excludes halogenated alkanes) is 20. The molecule has 0 aliphatic carbocycles. The van der Waals surface area contributed by atoms with Crippen molar-refractivity contribution < 1.29 is 10.2 Å². The second kappa shape index (κ2) is 34.3. The van der Waals surface area contributed by atoms with Gasteiger partial charge >= 0.3 is 0 Å². The van der Waals surface area contributed by atoms with E-state index in [1.54, 1.807) is 0 Å². The average molecular weight is 584 g/mol. The zero-order valence-electron chi connectivity index (χ0n) is 28.4. The summed E-state index contributed by atoms with van der Waals surface area (Å²) in [5.41, 5.74) is 0. The van der Waals surface area contributed by atoms with E-state index in [4.69, 9.17) is 0 Å². The quantitative estimate of drug-likeness (QED) is 0.0563. The molecule has 0 amide bonds. The van der Waals surface area contributed by atoms with Gasteiger partial charge in [0.15, 0.2) is 0 Å². The Hall–Kier alpha value is -0.200. The molecule has 0 bridgehead atoms. The summed E-state index contributed by atoms with van der Waals surface area (Å²) in [6.07, 6.45) is 31.5. The lowest BCUT2D eigenvalue weighted by molar-refractivity contribution is 0.0596. The van der Waals surface area contributed by atoms with E-state index in [-0.39, 0.29) is 12.2 Å². The van der Waals surface area contributed by atoms with Crippen LogP contribution in [0.15, 0.2) is 0 Å². The topological polar surface area (TPSA) is 67.8 Å². The lowest BCUT2D eigenvalue weighted by atomic mass is 10.0. The van der Waals surface area contributed by atoms with E-state index in [0.717, 1.165) is 58.3 Å². The van der Waals surface area contributed by atoms with Crippen LogP contribution in [0.25, 0.3) is 0 Å². The van der Waals surface area contributed by atoms with Crippen LogP contribution in [0.5, 0.6) is 0 Å². The van der Waals surface area contributed by atoms with Crippen LogP contribution in [0.2, 0.25) is 0 Å². The zero-order chi connectivity index (χ0) is 30.1. The minimum atomic E-state index is -0.267. The van der Waals surface area contributed by atoms with Crippen LogP contribution in [-0.2, 0) is 0 Å². The molecule has 0 aromatic carbocycles. The molecule has 0 aliphatic rings. The smallest absolute Gasteiger partial charge is 0.0667 e. The van der Waals surface area contributed by atoms with Gasteiger partial charge in [-0.1, -0.05) is 149 Å². The van der Waals surface area contributed by atoms with Gasteiger partial charge in [-0.2, -0.15) is 0 Å². The second-order valence-corrected chi connectivity index (χ2v) is 12.9. The number of nitrogens with one attached hydrogen (secondary N) is 2. The first-order valence-corrected chi connectivity index (χ1v) is 18.6. The molecular weight excluding hydrogens is 506 g/mol. The Bertz CT molecular complexity index is 448. The van der Waals surface area contributed by atoms with Crippen molar-refractivity contribution in [2.45, 2.75) is 187 Å². The first-order valence-electron chi connectivity index (χ1n) is 18.6. The summed E-state index contributed by atoms with van der Waals surface area (Å²) >= 11 is 0. The molecule has 0 aromatic rings. The highest BCUT2D eigenvalue weighted by atomic mass is 16.3. The predicted octanol–water partition coefficient (Wildman–Crippen LogP) is 8.61. The van der Waals surface area contributed by atoms with E-state index in [2.05, 4.69) is 29.4 Å². The molecule has 0 aliphatic heterocycles. The molecule has 0 rings (SSSR count). The zero-order valence-corrected chi connectivity index (χ0v) is 28.4. The fourth-order valence-corrected chi connectivity index (χ4v) is 5.87. The minimum absolute atomic E-state index is 0.267. The molecule has 0 saturated heterocycles. The highest BCUT2D eigenvalue weighted by Gasteiger charge is 2.15. The molecule has 5 nitrogen and oxygen atoms in total. The van der Waals surface area contributed by atoms with Crippen molar-refractivity contribution in [2.75, 3.05) is 46.3 Å². The SMILES string of the molecule is CCCCCCCCCCCCC(O)CN(CCCCCNCCNC)CC(O)CCCCCCCCCCCC. The van der Waals surface area contributed by atoms with E-state index in [0.29, 0.717) is 13.1 Å². The number of rotatable bonds is 35. The van der Waals surface area contributed by atoms with Gasteiger partial charge in [0.05, 0.1) is 12.2 Å². The molecule has 0 heterocycles. The van der Waals surface area contributed by atoms with Gasteiger partial charge in [0.2, 0.25) is 0 Å². The summed E-state index contributed by atoms with van der Waals surface area (Å²) in [5.74, 6) is 0. The Morgan fingerprint density at radius 3 is 1.27 bits per heavy atom. The van der Waals surface area contributed by atoms with Crippen molar-refractivity contribution in [3.8, 4) is 0 Å². The first kappa shape index (κ1) is 40.8. The molecule has 0 radical (unpaired) electrons. The Labute approximate surface area is 258 Å². The molecule has 5 heteroatoms. The van der Waals surface area contributed by atoms with Gasteiger partial charge in [-0.3, -0.25) is 4.90 Å². The van der Waals surface area contributed by atoms with E-state index in [9.17, 15) is 10.2 Å². The molecule has 2 atom stereocenters. The van der Waals surface area contributed by atoms with Crippen molar-refractivity contribution >= 4 is 0 Å². The second-order valence-electron chi connectivity index (χ2n) is 12.9. The Kier molecular flexibility index (Phi) is 34.1. The highest BCUT2D eigenvalue weighted by molar-refractivity contribution is 4.70. The maximum Gasteiger partial charge on any atom is 0.0667 e. The first-order chi connectivity index (χ1) is 20.1. The molecule has 4 N–H and O–H groups in total. The van der Waals surface area contributed by atoms with Gasteiger partial charge in [0.25, 0.3) is 0 Å². The van der Waals surface area contributed by atoms with Gasteiger partial charge < -0.3 is 20.8 Å². The summed E-state index contributed by atoms with van der Waals surface area (Å²) in [5, 5.41) is 28.3. The molecular formula is C36H77N3O2. The van der Waals surface area contributed by atoms with Crippen LogP contribution >= 0.6 is 0 Å². The van der Waals surface area contributed by atoms with Crippen LogP contribution in [0.4, 0.5) is 0 Å².